The molecule has 2 rings (SSSR count). The molecule has 2 amide bonds. The number of carbonyl (C=O) groups is 4. The molecule has 2 saturated heterocycles. The SMILES string of the molecule is COCCC(=O)[C@H](CN(N)C(=O)[C@@H]1CCCN(C(=O)CCC2CCNCC2)C1)C(=O)O. The Kier molecular flexibility index (Phi) is 10.4. The second kappa shape index (κ2) is 12.7. The number of ketones is 1. The Bertz CT molecular complexity index is 637. The van der Waals surface area contributed by atoms with Gasteiger partial charge in [-0.25, -0.2) is 5.84 Å². The van der Waals surface area contributed by atoms with E-state index in [0.29, 0.717) is 31.7 Å². The average Bonchev–Trinajstić information content (AvgIpc) is 2.79. The van der Waals surface area contributed by atoms with Crippen molar-refractivity contribution in [2.45, 2.75) is 44.9 Å². The Morgan fingerprint density at radius 1 is 1.19 bits per heavy atom. The molecule has 10 heteroatoms. The van der Waals surface area contributed by atoms with Gasteiger partial charge >= 0.3 is 5.97 Å². The summed E-state index contributed by atoms with van der Waals surface area (Å²) in [6.07, 6.45) is 4.74. The summed E-state index contributed by atoms with van der Waals surface area (Å²) in [6, 6.07) is 0. The fourth-order valence-corrected chi connectivity index (χ4v) is 4.28. The van der Waals surface area contributed by atoms with E-state index in [1.165, 1.54) is 7.11 Å². The Morgan fingerprint density at radius 2 is 1.90 bits per heavy atom. The lowest BCUT2D eigenvalue weighted by Gasteiger charge is -2.34. The van der Waals surface area contributed by atoms with Crippen molar-refractivity contribution in [2.24, 2.45) is 23.6 Å². The van der Waals surface area contributed by atoms with Crippen LogP contribution in [0.4, 0.5) is 0 Å². The number of methoxy groups -OCH3 is 1. The summed E-state index contributed by atoms with van der Waals surface area (Å²) in [5.41, 5.74) is 0. The van der Waals surface area contributed by atoms with Crippen molar-refractivity contribution in [1.82, 2.24) is 15.2 Å². The molecule has 0 aliphatic carbocycles. The Labute approximate surface area is 183 Å². The van der Waals surface area contributed by atoms with Crippen LogP contribution in [-0.4, -0.2) is 85.0 Å². The van der Waals surface area contributed by atoms with Crippen LogP contribution in [0.3, 0.4) is 0 Å². The zero-order valence-corrected chi connectivity index (χ0v) is 18.4. The van der Waals surface area contributed by atoms with Crippen LogP contribution in [0.2, 0.25) is 0 Å². The maximum absolute atomic E-state index is 12.8. The summed E-state index contributed by atoms with van der Waals surface area (Å²) in [5.74, 6) is 2.33. The number of carboxylic acids is 1. The Morgan fingerprint density at radius 3 is 2.55 bits per heavy atom. The Hall–Kier alpha value is -2.04. The van der Waals surface area contributed by atoms with Crippen molar-refractivity contribution in [3.63, 3.8) is 0 Å². The standard InChI is InChI=1S/C21H36N4O6/c1-31-12-8-18(26)17(21(29)30)14-25(22)20(28)16-3-2-11-24(13-16)19(27)5-4-15-6-9-23-10-7-15/h15-17,23H,2-14,22H2,1H3,(H,29,30)/t16-,17+/m1/s1. The molecule has 10 nitrogen and oxygen atoms in total. The van der Waals surface area contributed by atoms with E-state index in [1.54, 1.807) is 4.90 Å². The predicted octanol–water partition coefficient (Wildman–Crippen LogP) is 0.0135. The van der Waals surface area contributed by atoms with Crippen molar-refractivity contribution in [3.05, 3.63) is 0 Å². The molecule has 0 aromatic carbocycles. The molecule has 0 aromatic rings. The quantitative estimate of drug-likeness (QED) is 0.177. The normalized spacial score (nSPS) is 20.8. The molecular weight excluding hydrogens is 404 g/mol. The fourth-order valence-electron chi connectivity index (χ4n) is 4.28. The summed E-state index contributed by atoms with van der Waals surface area (Å²) in [5, 5.41) is 13.5. The maximum Gasteiger partial charge on any atom is 0.315 e. The molecule has 31 heavy (non-hydrogen) atoms. The summed E-state index contributed by atoms with van der Waals surface area (Å²) >= 11 is 0. The lowest BCUT2D eigenvalue weighted by atomic mass is 9.92. The first-order valence-corrected chi connectivity index (χ1v) is 11.1. The van der Waals surface area contributed by atoms with Gasteiger partial charge in [-0.15, -0.1) is 0 Å². The highest BCUT2D eigenvalue weighted by Gasteiger charge is 2.34. The lowest BCUT2D eigenvalue weighted by molar-refractivity contribution is -0.149. The number of nitrogens with one attached hydrogen (secondary N) is 1. The molecule has 2 atom stereocenters. The van der Waals surface area contributed by atoms with E-state index in [0.717, 1.165) is 37.4 Å². The number of carbonyl (C=O) groups excluding carboxylic acids is 3. The highest BCUT2D eigenvalue weighted by Crippen LogP contribution is 2.22. The fraction of sp³-hybridized carbons (Fsp3) is 0.810. The van der Waals surface area contributed by atoms with Crippen molar-refractivity contribution >= 4 is 23.6 Å². The van der Waals surface area contributed by atoms with Crippen LogP contribution in [0.15, 0.2) is 0 Å². The Balaban J connectivity index is 1.86. The molecule has 2 aliphatic heterocycles. The van der Waals surface area contributed by atoms with Crippen LogP contribution in [-0.2, 0) is 23.9 Å². The van der Waals surface area contributed by atoms with Crippen LogP contribution in [0.5, 0.6) is 0 Å². The number of amides is 2. The first-order valence-electron chi connectivity index (χ1n) is 11.1. The number of hydrazine groups is 1. The van der Waals surface area contributed by atoms with Gasteiger partial charge < -0.3 is 20.1 Å². The summed E-state index contributed by atoms with van der Waals surface area (Å²) < 4.78 is 4.82. The largest absolute Gasteiger partial charge is 0.481 e. The third-order valence-electron chi connectivity index (χ3n) is 6.25. The van der Waals surface area contributed by atoms with Crippen LogP contribution in [0, 0.1) is 17.8 Å². The molecule has 0 bridgehead atoms. The molecule has 2 heterocycles. The van der Waals surface area contributed by atoms with Gasteiger partial charge in [0.25, 0.3) is 0 Å². The topological polar surface area (TPSA) is 142 Å². The van der Waals surface area contributed by atoms with E-state index >= 15 is 0 Å². The monoisotopic (exact) mass is 440 g/mol. The first kappa shape index (κ1) is 25.2. The molecule has 2 fully saturated rings. The number of aliphatic carboxylic acids is 1. The van der Waals surface area contributed by atoms with Gasteiger partial charge in [0, 0.05) is 33.0 Å². The molecule has 0 unspecified atom stereocenters. The van der Waals surface area contributed by atoms with Gasteiger partial charge in [0.05, 0.1) is 19.1 Å². The van der Waals surface area contributed by atoms with Gasteiger partial charge in [0.2, 0.25) is 11.8 Å². The van der Waals surface area contributed by atoms with E-state index < -0.39 is 36.0 Å². The number of rotatable bonds is 11. The van der Waals surface area contributed by atoms with Crippen molar-refractivity contribution in [2.75, 3.05) is 46.4 Å². The number of piperidine rings is 2. The summed E-state index contributed by atoms with van der Waals surface area (Å²) in [4.78, 5) is 50.8. The van der Waals surface area contributed by atoms with E-state index in [9.17, 15) is 24.3 Å². The third kappa shape index (κ3) is 7.86. The van der Waals surface area contributed by atoms with Gasteiger partial charge in [-0.1, -0.05) is 0 Å². The van der Waals surface area contributed by atoms with Crippen LogP contribution >= 0.6 is 0 Å². The van der Waals surface area contributed by atoms with E-state index in [1.807, 2.05) is 0 Å². The molecule has 4 N–H and O–H groups in total. The number of ether oxygens (including phenoxy) is 1. The molecule has 2 aliphatic rings. The molecule has 0 radical (unpaired) electrons. The molecule has 0 aromatic heterocycles. The second-order valence-electron chi connectivity index (χ2n) is 8.50. The number of likely N-dealkylation sites (tertiary alicyclic amines) is 1. The zero-order valence-electron chi connectivity index (χ0n) is 18.4. The highest BCUT2D eigenvalue weighted by molar-refractivity contribution is 5.99. The minimum atomic E-state index is -1.39. The minimum absolute atomic E-state index is 0.0535. The first-order chi connectivity index (χ1) is 14.8. The number of hydrogen-bond donors (Lipinski definition) is 3. The number of nitrogens with zero attached hydrogens (tertiary/aromatic N) is 2. The summed E-state index contributed by atoms with van der Waals surface area (Å²) in [7, 11) is 1.42. The van der Waals surface area contributed by atoms with Crippen LogP contribution < -0.4 is 11.2 Å². The molecular formula is C21H36N4O6. The van der Waals surface area contributed by atoms with E-state index in [2.05, 4.69) is 5.32 Å². The molecule has 0 saturated carbocycles. The van der Waals surface area contributed by atoms with Crippen LogP contribution in [0.25, 0.3) is 0 Å². The van der Waals surface area contributed by atoms with Crippen molar-refractivity contribution in [3.8, 4) is 0 Å². The van der Waals surface area contributed by atoms with Gasteiger partial charge in [-0.05, 0) is 51.1 Å². The maximum atomic E-state index is 12.8. The van der Waals surface area contributed by atoms with Gasteiger partial charge in [0.15, 0.2) is 5.78 Å². The van der Waals surface area contributed by atoms with E-state index in [-0.39, 0.29) is 25.5 Å². The van der Waals surface area contributed by atoms with Gasteiger partial charge in [-0.3, -0.25) is 24.2 Å². The number of nitrogens with two attached hydrogens (primary N) is 1. The van der Waals surface area contributed by atoms with Gasteiger partial charge in [0.1, 0.15) is 5.92 Å². The van der Waals surface area contributed by atoms with Crippen molar-refractivity contribution in [1.29, 1.82) is 0 Å². The average molecular weight is 441 g/mol. The number of hydrogen-bond acceptors (Lipinski definition) is 7. The second-order valence-corrected chi connectivity index (χ2v) is 8.50. The van der Waals surface area contributed by atoms with Crippen LogP contribution in [0.1, 0.15) is 44.9 Å². The van der Waals surface area contributed by atoms with E-state index in [4.69, 9.17) is 10.6 Å². The lowest BCUT2D eigenvalue weighted by Crippen LogP contribution is -2.51. The molecule has 0 spiro atoms. The predicted molar refractivity (Wildman–Crippen MR) is 113 cm³/mol. The molecule has 176 valence electrons. The third-order valence-corrected chi connectivity index (χ3v) is 6.25. The smallest absolute Gasteiger partial charge is 0.315 e. The zero-order chi connectivity index (χ0) is 22.8. The highest BCUT2D eigenvalue weighted by atomic mass is 16.5. The van der Waals surface area contributed by atoms with Crippen molar-refractivity contribution < 1.29 is 29.0 Å². The number of carboxylic acid groups (broad SMARTS) is 1. The minimum Gasteiger partial charge on any atom is -0.481 e. The summed E-state index contributed by atoms with van der Waals surface area (Å²) in [6.45, 7) is 2.61. The van der Waals surface area contributed by atoms with Gasteiger partial charge in [-0.2, -0.15) is 0 Å². The number of Topliss-reactive ketones (excluding diaryl/α,β-unsaturated/α-hetero) is 1.